The van der Waals surface area contributed by atoms with Crippen molar-refractivity contribution in [2.75, 3.05) is 13.2 Å². The number of thioether (sulfide) groups is 1. The molecule has 2 unspecified atom stereocenters. The Morgan fingerprint density at radius 2 is 2.15 bits per heavy atom. The SMILES string of the molecule is C=C(C1CCOCC1)C1SC(NC(=O)c2ccc[nH]2)=NC1c1ccco1. The molecule has 4 rings (SSSR count). The van der Waals surface area contributed by atoms with Crippen molar-refractivity contribution < 1.29 is 13.9 Å². The minimum absolute atomic E-state index is 0.0446. The number of ether oxygens (including phenoxy) is 1. The maximum atomic E-state index is 12.3. The first-order valence-corrected chi connectivity index (χ1v) is 9.59. The minimum atomic E-state index is -0.197. The number of carbonyl (C=O) groups is 1. The lowest BCUT2D eigenvalue weighted by Crippen LogP contribution is -2.28. The molecule has 0 spiro atoms. The van der Waals surface area contributed by atoms with Crippen LogP contribution >= 0.6 is 11.8 Å². The maximum absolute atomic E-state index is 12.3. The molecule has 0 saturated carbocycles. The lowest BCUT2D eigenvalue weighted by atomic mass is 9.88. The van der Waals surface area contributed by atoms with Gasteiger partial charge in [0.25, 0.3) is 5.91 Å². The molecular weight excluding hydrogens is 350 g/mol. The summed E-state index contributed by atoms with van der Waals surface area (Å²) in [6.07, 6.45) is 5.33. The zero-order chi connectivity index (χ0) is 17.9. The zero-order valence-corrected chi connectivity index (χ0v) is 15.1. The van der Waals surface area contributed by atoms with Gasteiger partial charge in [0.15, 0.2) is 5.17 Å². The fraction of sp³-hybridized carbons (Fsp3) is 0.368. The normalized spacial score (nSPS) is 23.6. The summed E-state index contributed by atoms with van der Waals surface area (Å²) in [7, 11) is 0. The average Bonchev–Trinajstić information content (AvgIpc) is 3.42. The van der Waals surface area contributed by atoms with Crippen molar-refractivity contribution in [3.05, 3.63) is 60.3 Å². The summed E-state index contributed by atoms with van der Waals surface area (Å²) in [5.74, 6) is 1.00. The van der Waals surface area contributed by atoms with Gasteiger partial charge >= 0.3 is 0 Å². The van der Waals surface area contributed by atoms with Gasteiger partial charge < -0.3 is 14.1 Å². The summed E-state index contributed by atoms with van der Waals surface area (Å²) in [6.45, 7) is 5.91. The van der Waals surface area contributed by atoms with Crippen molar-refractivity contribution in [1.82, 2.24) is 10.3 Å². The van der Waals surface area contributed by atoms with Gasteiger partial charge in [0.1, 0.15) is 17.5 Å². The second-order valence-corrected chi connectivity index (χ2v) is 7.56. The summed E-state index contributed by atoms with van der Waals surface area (Å²) in [5, 5.41) is 3.54. The molecule has 1 fully saturated rings. The van der Waals surface area contributed by atoms with E-state index in [0.717, 1.165) is 37.4 Å². The first-order valence-electron chi connectivity index (χ1n) is 8.71. The van der Waals surface area contributed by atoms with Gasteiger partial charge in [-0.15, -0.1) is 0 Å². The molecular formula is C19H21N3O3S. The van der Waals surface area contributed by atoms with Crippen LogP contribution in [0.15, 0.2) is 58.3 Å². The molecule has 2 aliphatic rings. The van der Waals surface area contributed by atoms with E-state index in [-0.39, 0.29) is 17.2 Å². The molecule has 2 atom stereocenters. The zero-order valence-electron chi connectivity index (χ0n) is 14.3. The van der Waals surface area contributed by atoms with Crippen molar-refractivity contribution >= 4 is 22.8 Å². The van der Waals surface area contributed by atoms with Crippen LogP contribution in [-0.2, 0) is 4.74 Å². The van der Waals surface area contributed by atoms with Crippen LogP contribution in [0.4, 0.5) is 0 Å². The third kappa shape index (κ3) is 3.50. The van der Waals surface area contributed by atoms with Gasteiger partial charge in [0.2, 0.25) is 0 Å². The Morgan fingerprint density at radius 3 is 2.85 bits per heavy atom. The molecule has 2 aliphatic heterocycles. The molecule has 6 nitrogen and oxygen atoms in total. The average molecular weight is 371 g/mol. The predicted molar refractivity (Wildman–Crippen MR) is 101 cm³/mol. The second-order valence-electron chi connectivity index (χ2n) is 6.43. The highest BCUT2D eigenvalue weighted by Gasteiger charge is 2.38. The smallest absolute Gasteiger partial charge is 0.273 e. The first-order chi connectivity index (χ1) is 12.7. The highest BCUT2D eigenvalue weighted by molar-refractivity contribution is 8.14. The van der Waals surface area contributed by atoms with Gasteiger partial charge in [-0.05, 0) is 43.0 Å². The van der Waals surface area contributed by atoms with Crippen LogP contribution in [0.25, 0.3) is 0 Å². The molecule has 1 saturated heterocycles. The van der Waals surface area contributed by atoms with Crippen LogP contribution in [0.2, 0.25) is 0 Å². The maximum Gasteiger partial charge on any atom is 0.273 e. The Morgan fingerprint density at radius 1 is 1.31 bits per heavy atom. The molecule has 2 N–H and O–H groups in total. The Hall–Kier alpha value is -2.25. The number of H-pyrrole nitrogens is 1. The lowest BCUT2D eigenvalue weighted by molar-refractivity contribution is 0.0750. The molecule has 0 bridgehead atoms. The number of aromatic nitrogens is 1. The monoisotopic (exact) mass is 371 g/mol. The van der Waals surface area contributed by atoms with Gasteiger partial charge in [-0.1, -0.05) is 23.9 Å². The highest BCUT2D eigenvalue weighted by Crippen LogP contribution is 2.44. The standard InChI is InChI=1S/C19H21N3O3S/c1-12(13-6-10-24-11-7-13)17-16(15-5-3-9-25-15)21-19(26-17)22-18(23)14-4-2-8-20-14/h2-5,8-9,13,16-17,20H,1,6-7,10-11H2,(H,21,22,23). The van der Waals surface area contributed by atoms with E-state index in [1.54, 1.807) is 36.4 Å². The molecule has 4 heterocycles. The summed E-state index contributed by atoms with van der Waals surface area (Å²) in [6, 6.07) is 7.13. The number of furan rings is 1. The fourth-order valence-corrected chi connectivity index (χ4v) is 4.59. The van der Waals surface area contributed by atoms with Crippen LogP contribution in [0.5, 0.6) is 0 Å². The Balaban J connectivity index is 1.53. The van der Waals surface area contributed by atoms with E-state index in [1.807, 2.05) is 12.1 Å². The van der Waals surface area contributed by atoms with Gasteiger partial charge in [-0.25, -0.2) is 4.99 Å². The van der Waals surface area contributed by atoms with Crippen molar-refractivity contribution in [2.45, 2.75) is 24.1 Å². The van der Waals surface area contributed by atoms with Crippen molar-refractivity contribution in [3.8, 4) is 0 Å². The van der Waals surface area contributed by atoms with E-state index in [1.165, 1.54) is 0 Å². The topological polar surface area (TPSA) is 79.6 Å². The van der Waals surface area contributed by atoms with E-state index >= 15 is 0 Å². The van der Waals surface area contributed by atoms with Gasteiger partial charge in [-0.3, -0.25) is 10.1 Å². The second kappa shape index (κ2) is 7.55. The van der Waals surface area contributed by atoms with Gasteiger partial charge in [-0.2, -0.15) is 0 Å². The first kappa shape index (κ1) is 17.2. The van der Waals surface area contributed by atoms with Crippen molar-refractivity contribution in [1.29, 1.82) is 0 Å². The van der Waals surface area contributed by atoms with E-state index in [0.29, 0.717) is 16.8 Å². The summed E-state index contributed by atoms with van der Waals surface area (Å²) >= 11 is 1.55. The molecule has 2 aromatic rings. The number of amides is 1. The van der Waals surface area contributed by atoms with Crippen LogP contribution in [0.3, 0.4) is 0 Å². The number of hydrogen-bond donors (Lipinski definition) is 2. The molecule has 1 amide bonds. The number of nitrogens with one attached hydrogen (secondary N) is 2. The summed E-state index contributed by atoms with van der Waals surface area (Å²) in [5.41, 5.74) is 1.65. The minimum Gasteiger partial charge on any atom is -0.467 e. The third-order valence-corrected chi connectivity index (χ3v) is 6.04. The molecule has 0 radical (unpaired) electrons. The number of aliphatic imine (C=N–C) groups is 1. The number of hydrogen-bond acceptors (Lipinski definition) is 5. The van der Waals surface area contributed by atoms with Gasteiger partial charge in [0.05, 0.1) is 11.5 Å². The molecule has 0 aromatic carbocycles. The molecule has 26 heavy (non-hydrogen) atoms. The lowest BCUT2D eigenvalue weighted by Gasteiger charge is -2.28. The van der Waals surface area contributed by atoms with Crippen LogP contribution in [0.1, 0.15) is 35.1 Å². The van der Waals surface area contributed by atoms with Crippen LogP contribution in [0, 0.1) is 5.92 Å². The summed E-state index contributed by atoms with van der Waals surface area (Å²) < 4.78 is 11.1. The van der Waals surface area contributed by atoms with Crippen molar-refractivity contribution in [2.24, 2.45) is 10.9 Å². The number of amidine groups is 1. The Bertz CT molecular complexity index is 792. The summed E-state index contributed by atoms with van der Waals surface area (Å²) in [4.78, 5) is 20.0. The predicted octanol–water partition coefficient (Wildman–Crippen LogP) is 3.53. The number of aromatic amines is 1. The van der Waals surface area contributed by atoms with E-state index in [4.69, 9.17) is 14.1 Å². The molecule has 2 aromatic heterocycles. The highest BCUT2D eigenvalue weighted by atomic mass is 32.2. The fourth-order valence-electron chi connectivity index (χ4n) is 3.36. The van der Waals surface area contributed by atoms with Crippen LogP contribution < -0.4 is 5.32 Å². The largest absolute Gasteiger partial charge is 0.467 e. The Labute approximate surface area is 156 Å². The van der Waals surface area contributed by atoms with Crippen molar-refractivity contribution in [3.63, 3.8) is 0 Å². The number of carbonyl (C=O) groups excluding carboxylic acids is 1. The quantitative estimate of drug-likeness (QED) is 0.806. The van der Waals surface area contributed by atoms with E-state index in [9.17, 15) is 4.79 Å². The van der Waals surface area contributed by atoms with Gasteiger partial charge in [0, 0.05) is 19.4 Å². The molecule has 136 valence electrons. The van der Waals surface area contributed by atoms with E-state index < -0.39 is 0 Å². The third-order valence-electron chi connectivity index (χ3n) is 4.79. The Kier molecular flexibility index (Phi) is 4.99. The van der Waals surface area contributed by atoms with Crippen LogP contribution in [-0.4, -0.2) is 34.5 Å². The van der Waals surface area contributed by atoms with E-state index in [2.05, 4.69) is 16.9 Å². The molecule has 0 aliphatic carbocycles. The molecule has 7 heteroatoms. The number of nitrogens with zero attached hydrogens (tertiary/aromatic N) is 1. The number of rotatable bonds is 4.